The third-order valence-corrected chi connectivity index (χ3v) is 3.09. The second-order valence-electron chi connectivity index (χ2n) is 6.04. The van der Waals surface area contributed by atoms with Crippen LogP contribution in [0.1, 0.15) is 38.3 Å². The molecule has 0 bridgehead atoms. The monoisotopic (exact) mass is 259 g/mol. The Kier molecular flexibility index (Phi) is 3.65. The summed E-state index contributed by atoms with van der Waals surface area (Å²) in [5.41, 5.74) is 9.83. The first-order chi connectivity index (χ1) is 8.83. The first kappa shape index (κ1) is 13.7. The molecule has 0 amide bonds. The molecule has 0 radical (unpaired) electrons. The van der Waals surface area contributed by atoms with Crippen molar-refractivity contribution in [3.05, 3.63) is 41.0 Å². The van der Waals surface area contributed by atoms with Gasteiger partial charge >= 0.3 is 5.97 Å². The molecular weight excluding hydrogens is 238 g/mol. The zero-order chi connectivity index (χ0) is 14.0. The van der Waals surface area contributed by atoms with E-state index in [1.165, 1.54) is 11.1 Å². The molecule has 1 aromatic carbocycles. The highest BCUT2D eigenvalue weighted by molar-refractivity contribution is 5.83. The first-order valence-electron chi connectivity index (χ1n) is 6.63. The second kappa shape index (κ2) is 5.08. The van der Waals surface area contributed by atoms with Gasteiger partial charge in [-0.15, -0.1) is 0 Å². The summed E-state index contributed by atoms with van der Waals surface area (Å²) in [6.07, 6.45) is 4.30. The van der Waals surface area contributed by atoms with E-state index in [2.05, 4.69) is 0 Å². The maximum absolute atomic E-state index is 11.8. The lowest BCUT2D eigenvalue weighted by atomic mass is 9.87. The Bertz CT molecular complexity index is 524. The molecule has 0 aromatic heterocycles. The number of allylic oxidation sites excluding steroid dienone is 1. The Labute approximate surface area is 114 Å². The number of rotatable bonds is 1. The average Bonchev–Trinajstić information content (AvgIpc) is 2.26. The molecule has 2 rings (SSSR count). The van der Waals surface area contributed by atoms with Crippen LogP contribution in [0.2, 0.25) is 0 Å². The van der Waals surface area contributed by atoms with E-state index in [1.807, 2.05) is 39.0 Å². The van der Waals surface area contributed by atoms with Gasteiger partial charge in [0, 0.05) is 11.8 Å². The molecule has 0 fully saturated rings. The summed E-state index contributed by atoms with van der Waals surface area (Å²) in [6.45, 7) is 5.63. The number of nitrogens with two attached hydrogens (primary N) is 1. The summed E-state index contributed by atoms with van der Waals surface area (Å²) in [6, 6.07) is 5.99. The standard InChI is InChI=1S/C16H21NO2/c1-16(2,3)19-15(18)9-11-4-5-13-10-14(17)7-6-12(13)8-11/h6-7,9-10H,4-5,8,17H2,1-3H3/b11-9+. The normalized spacial score (nSPS) is 17.1. The number of carbonyl (C=O) groups is 1. The van der Waals surface area contributed by atoms with Gasteiger partial charge in [0.05, 0.1) is 0 Å². The SMILES string of the molecule is CC(C)(C)OC(=O)/C=C1\CCc2cc(N)ccc2C1. The van der Waals surface area contributed by atoms with Crippen LogP contribution in [0, 0.1) is 0 Å². The third kappa shape index (κ3) is 3.85. The van der Waals surface area contributed by atoms with E-state index in [0.717, 1.165) is 30.5 Å². The minimum absolute atomic E-state index is 0.249. The largest absolute Gasteiger partial charge is 0.457 e. The molecule has 0 unspecified atom stereocenters. The zero-order valence-corrected chi connectivity index (χ0v) is 11.8. The van der Waals surface area contributed by atoms with Gasteiger partial charge in [0.2, 0.25) is 0 Å². The molecule has 3 heteroatoms. The molecule has 2 N–H and O–H groups in total. The summed E-state index contributed by atoms with van der Waals surface area (Å²) in [5, 5.41) is 0. The Morgan fingerprint density at radius 1 is 1.26 bits per heavy atom. The Hall–Kier alpha value is -1.77. The van der Waals surface area contributed by atoms with Crippen molar-refractivity contribution in [2.24, 2.45) is 0 Å². The van der Waals surface area contributed by atoms with Gasteiger partial charge in [-0.1, -0.05) is 11.6 Å². The molecule has 19 heavy (non-hydrogen) atoms. The van der Waals surface area contributed by atoms with Crippen LogP contribution in [0.25, 0.3) is 0 Å². The molecule has 3 nitrogen and oxygen atoms in total. The number of benzene rings is 1. The molecule has 1 aliphatic rings. The van der Waals surface area contributed by atoms with Crippen LogP contribution in [0.4, 0.5) is 5.69 Å². The highest BCUT2D eigenvalue weighted by atomic mass is 16.6. The van der Waals surface area contributed by atoms with E-state index < -0.39 is 5.60 Å². The lowest BCUT2D eigenvalue weighted by Crippen LogP contribution is -2.23. The number of aryl methyl sites for hydroxylation is 1. The van der Waals surface area contributed by atoms with E-state index in [1.54, 1.807) is 6.08 Å². The zero-order valence-electron chi connectivity index (χ0n) is 11.8. The second-order valence-corrected chi connectivity index (χ2v) is 6.04. The Morgan fingerprint density at radius 2 is 2.00 bits per heavy atom. The molecule has 0 heterocycles. The highest BCUT2D eigenvalue weighted by Gasteiger charge is 2.17. The first-order valence-corrected chi connectivity index (χ1v) is 6.63. The fourth-order valence-corrected chi connectivity index (χ4v) is 2.30. The van der Waals surface area contributed by atoms with Crippen LogP contribution in [0.3, 0.4) is 0 Å². The smallest absolute Gasteiger partial charge is 0.331 e. The van der Waals surface area contributed by atoms with E-state index in [4.69, 9.17) is 10.5 Å². The molecule has 1 aromatic rings. The van der Waals surface area contributed by atoms with E-state index in [9.17, 15) is 4.79 Å². The topological polar surface area (TPSA) is 52.3 Å². The van der Waals surface area contributed by atoms with Crippen LogP contribution >= 0.6 is 0 Å². The van der Waals surface area contributed by atoms with Crippen molar-refractivity contribution in [3.8, 4) is 0 Å². The Morgan fingerprint density at radius 3 is 2.68 bits per heavy atom. The average molecular weight is 259 g/mol. The summed E-state index contributed by atoms with van der Waals surface area (Å²) in [4.78, 5) is 11.8. The van der Waals surface area contributed by atoms with Gasteiger partial charge in [0.25, 0.3) is 0 Å². The lowest BCUT2D eigenvalue weighted by Gasteiger charge is -2.21. The van der Waals surface area contributed by atoms with Crippen molar-refractivity contribution in [1.82, 2.24) is 0 Å². The van der Waals surface area contributed by atoms with Crippen LogP contribution in [0.5, 0.6) is 0 Å². The quantitative estimate of drug-likeness (QED) is 0.479. The van der Waals surface area contributed by atoms with Crippen LogP contribution in [0.15, 0.2) is 29.8 Å². The fraction of sp³-hybridized carbons (Fsp3) is 0.438. The minimum Gasteiger partial charge on any atom is -0.457 e. The molecule has 0 atom stereocenters. The molecule has 0 saturated carbocycles. The van der Waals surface area contributed by atoms with Crippen LogP contribution < -0.4 is 5.73 Å². The summed E-state index contributed by atoms with van der Waals surface area (Å²) in [5.74, 6) is -0.249. The van der Waals surface area contributed by atoms with Crippen molar-refractivity contribution in [3.63, 3.8) is 0 Å². The van der Waals surface area contributed by atoms with Gasteiger partial charge < -0.3 is 10.5 Å². The molecular formula is C16H21NO2. The number of fused-ring (bicyclic) bond motifs is 1. The molecule has 0 spiro atoms. The molecule has 0 aliphatic heterocycles. The van der Waals surface area contributed by atoms with Gasteiger partial charge in [0.15, 0.2) is 0 Å². The fourth-order valence-electron chi connectivity index (χ4n) is 2.30. The van der Waals surface area contributed by atoms with Crippen molar-refractivity contribution in [1.29, 1.82) is 0 Å². The van der Waals surface area contributed by atoms with Gasteiger partial charge in [-0.2, -0.15) is 0 Å². The molecule has 0 saturated heterocycles. The summed E-state index contributed by atoms with van der Waals surface area (Å²) < 4.78 is 5.31. The van der Waals surface area contributed by atoms with E-state index in [-0.39, 0.29) is 5.97 Å². The van der Waals surface area contributed by atoms with E-state index in [0.29, 0.717) is 0 Å². The van der Waals surface area contributed by atoms with Crippen LogP contribution in [-0.4, -0.2) is 11.6 Å². The van der Waals surface area contributed by atoms with Crippen LogP contribution in [-0.2, 0) is 22.4 Å². The number of nitrogen functional groups attached to an aromatic ring is 1. The van der Waals surface area contributed by atoms with Gasteiger partial charge in [-0.3, -0.25) is 0 Å². The molecule has 1 aliphatic carbocycles. The van der Waals surface area contributed by atoms with Crippen molar-refractivity contribution >= 4 is 11.7 Å². The van der Waals surface area contributed by atoms with Gasteiger partial charge in [-0.25, -0.2) is 4.79 Å². The third-order valence-electron chi connectivity index (χ3n) is 3.09. The van der Waals surface area contributed by atoms with E-state index >= 15 is 0 Å². The van der Waals surface area contributed by atoms with Crippen molar-refractivity contribution in [2.45, 2.75) is 45.6 Å². The molecule has 102 valence electrons. The predicted molar refractivity (Wildman–Crippen MR) is 76.8 cm³/mol. The van der Waals surface area contributed by atoms with Gasteiger partial charge in [0.1, 0.15) is 5.60 Å². The number of anilines is 1. The highest BCUT2D eigenvalue weighted by Crippen LogP contribution is 2.26. The van der Waals surface area contributed by atoms with Crippen molar-refractivity contribution in [2.75, 3.05) is 5.73 Å². The number of hydrogen-bond donors (Lipinski definition) is 1. The summed E-state index contributed by atoms with van der Waals surface area (Å²) in [7, 11) is 0. The van der Waals surface area contributed by atoms with Gasteiger partial charge in [-0.05, 0) is 63.3 Å². The lowest BCUT2D eigenvalue weighted by molar-refractivity contribution is -0.148. The minimum atomic E-state index is -0.435. The predicted octanol–water partition coefficient (Wildman–Crippen LogP) is 3.03. The van der Waals surface area contributed by atoms with Crippen molar-refractivity contribution < 1.29 is 9.53 Å². The summed E-state index contributed by atoms with van der Waals surface area (Å²) >= 11 is 0. The number of hydrogen-bond acceptors (Lipinski definition) is 3. The maximum atomic E-state index is 11.8. The maximum Gasteiger partial charge on any atom is 0.331 e. The Balaban J connectivity index is 2.09. The number of esters is 1. The number of carbonyl (C=O) groups excluding carboxylic acids is 1. The number of ether oxygens (including phenoxy) is 1.